The van der Waals surface area contributed by atoms with Gasteiger partial charge < -0.3 is 15.7 Å². The Bertz CT molecular complexity index is 846. The predicted octanol–water partition coefficient (Wildman–Crippen LogP) is 4.12. The van der Waals surface area contributed by atoms with Crippen molar-refractivity contribution in [3.63, 3.8) is 0 Å². The van der Waals surface area contributed by atoms with Crippen molar-refractivity contribution in [1.82, 2.24) is 10.2 Å². The molecule has 0 bridgehead atoms. The lowest BCUT2D eigenvalue weighted by atomic mass is 10.1. The maximum Gasteiger partial charge on any atom is 0.335 e. The Labute approximate surface area is 143 Å². The third-order valence-electron chi connectivity index (χ3n) is 3.41. The number of carboxylic acids is 1. The van der Waals surface area contributed by atoms with E-state index in [2.05, 4.69) is 20.8 Å². The molecule has 4 N–H and O–H groups in total. The normalized spacial score (nSPS) is 10.4. The number of hydrogen-bond donors (Lipinski definition) is 4. The fourth-order valence-corrected chi connectivity index (χ4v) is 2.38. The highest BCUT2D eigenvalue weighted by Crippen LogP contribution is 2.25. The van der Waals surface area contributed by atoms with E-state index in [0.717, 1.165) is 22.8 Å². The van der Waals surface area contributed by atoms with Crippen LogP contribution in [-0.2, 0) is 6.54 Å². The van der Waals surface area contributed by atoms with E-state index >= 15 is 0 Å². The molecule has 0 saturated heterocycles. The molecule has 3 rings (SSSR count). The molecule has 0 aliphatic carbocycles. The summed E-state index contributed by atoms with van der Waals surface area (Å²) in [5.41, 5.74) is 2.88. The lowest BCUT2D eigenvalue weighted by molar-refractivity contribution is 0.0697. The van der Waals surface area contributed by atoms with Crippen molar-refractivity contribution in [3.8, 4) is 0 Å². The van der Waals surface area contributed by atoms with Crippen LogP contribution in [0.2, 0.25) is 5.02 Å². The van der Waals surface area contributed by atoms with E-state index in [4.69, 9.17) is 16.7 Å². The van der Waals surface area contributed by atoms with E-state index in [1.54, 1.807) is 30.5 Å². The van der Waals surface area contributed by atoms with E-state index < -0.39 is 5.97 Å². The second-order valence-electron chi connectivity index (χ2n) is 5.15. The Hall–Kier alpha value is -2.99. The molecule has 0 aliphatic rings. The molecule has 24 heavy (non-hydrogen) atoms. The first-order valence-corrected chi connectivity index (χ1v) is 7.61. The van der Waals surface area contributed by atoms with Crippen LogP contribution in [0.15, 0.2) is 54.7 Å². The number of anilines is 3. The van der Waals surface area contributed by atoms with Gasteiger partial charge in [-0.25, -0.2) is 4.79 Å². The van der Waals surface area contributed by atoms with Gasteiger partial charge >= 0.3 is 5.97 Å². The molecule has 0 atom stereocenters. The summed E-state index contributed by atoms with van der Waals surface area (Å²) in [6, 6.07) is 14.1. The minimum atomic E-state index is -0.934. The molecule has 0 fully saturated rings. The number of halogens is 1. The van der Waals surface area contributed by atoms with Gasteiger partial charge in [-0.05, 0) is 35.9 Å². The number of aromatic carboxylic acids is 1. The fourth-order valence-electron chi connectivity index (χ4n) is 2.19. The summed E-state index contributed by atoms with van der Waals surface area (Å²) in [4.78, 5) is 10.9. The van der Waals surface area contributed by atoms with Crippen LogP contribution >= 0.6 is 11.6 Å². The summed E-state index contributed by atoms with van der Waals surface area (Å²) in [7, 11) is 0. The van der Waals surface area contributed by atoms with Crippen molar-refractivity contribution in [2.45, 2.75) is 6.54 Å². The monoisotopic (exact) mass is 342 g/mol. The Balaban J connectivity index is 1.66. The number of hydrogen-bond acceptors (Lipinski definition) is 4. The molecule has 0 saturated carbocycles. The first-order valence-electron chi connectivity index (χ1n) is 7.24. The summed E-state index contributed by atoms with van der Waals surface area (Å²) in [5, 5.41) is 22.9. The van der Waals surface area contributed by atoms with E-state index in [9.17, 15) is 4.79 Å². The van der Waals surface area contributed by atoms with Crippen molar-refractivity contribution < 1.29 is 9.90 Å². The maximum absolute atomic E-state index is 10.9. The van der Waals surface area contributed by atoms with Gasteiger partial charge in [0.1, 0.15) is 11.5 Å². The SMILES string of the molecule is O=C(O)c1ccc(CNc2[nH]ncc2Nc2cccc(Cl)c2)cc1. The van der Waals surface area contributed by atoms with Crippen LogP contribution in [0.1, 0.15) is 15.9 Å². The quantitative estimate of drug-likeness (QED) is 0.541. The number of nitrogens with zero attached hydrogens (tertiary/aromatic N) is 1. The Morgan fingerprint density at radius 3 is 2.71 bits per heavy atom. The van der Waals surface area contributed by atoms with Crippen molar-refractivity contribution in [3.05, 3.63) is 70.9 Å². The van der Waals surface area contributed by atoms with Gasteiger partial charge in [0, 0.05) is 17.3 Å². The molecule has 2 aromatic carbocycles. The van der Waals surface area contributed by atoms with Gasteiger partial charge in [-0.2, -0.15) is 5.10 Å². The van der Waals surface area contributed by atoms with Crippen molar-refractivity contribution >= 4 is 34.8 Å². The van der Waals surface area contributed by atoms with Crippen molar-refractivity contribution in [1.29, 1.82) is 0 Å². The number of aromatic nitrogens is 2. The highest BCUT2D eigenvalue weighted by molar-refractivity contribution is 6.30. The van der Waals surface area contributed by atoms with Gasteiger partial charge in [0.25, 0.3) is 0 Å². The number of rotatable bonds is 6. The summed E-state index contributed by atoms with van der Waals surface area (Å²) in [6.07, 6.45) is 1.68. The number of carbonyl (C=O) groups is 1. The molecule has 0 spiro atoms. The standard InChI is InChI=1S/C17H15ClN4O2/c18-13-2-1-3-14(8-13)21-15-10-20-22-16(15)19-9-11-4-6-12(7-5-11)17(23)24/h1-8,10,21H,9H2,(H,23,24)(H2,19,20,22). The average Bonchev–Trinajstić information content (AvgIpc) is 3.00. The summed E-state index contributed by atoms with van der Waals surface area (Å²) in [6.45, 7) is 0.534. The Kier molecular flexibility index (Phi) is 4.67. The van der Waals surface area contributed by atoms with Crippen LogP contribution in [0.25, 0.3) is 0 Å². The van der Waals surface area contributed by atoms with Crippen LogP contribution in [0.4, 0.5) is 17.2 Å². The molecular formula is C17H15ClN4O2. The zero-order valence-corrected chi connectivity index (χ0v) is 13.3. The lowest BCUT2D eigenvalue weighted by Crippen LogP contribution is -2.03. The van der Waals surface area contributed by atoms with Gasteiger partial charge in [0.2, 0.25) is 0 Å². The molecule has 0 amide bonds. The topological polar surface area (TPSA) is 90.0 Å². The highest BCUT2D eigenvalue weighted by Gasteiger charge is 2.06. The number of H-pyrrole nitrogens is 1. The second-order valence-corrected chi connectivity index (χ2v) is 5.59. The van der Waals surface area contributed by atoms with Gasteiger partial charge in [-0.15, -0.1) is 0 Å². The van der Waals surface area contributed by atoms with Crippen molar-refractivity contribution in [2.75, 3.05) is 10.6 Å². The largest absolute Gasteiger partial charge is 0.478 e. The predicted molar refractivity (Wildman–Crippen MR) is 94.1 cm³/mol. The summed E-state index contributed by atoms with van der Waals surface area (Å²) in [5.74, 6) is -0.201. The highest BCUT2D eigenvalue weighted by atomic mass is 35.5. The number of nitrogens with one attached hydrogen (secondary N) is 3. The molecule has 1 heterocycles. The molecule has 1 aromatic heterocycles. The molecule has 0 unspecified atom stereocenters. The third kappa shape index (κ3) is 3.85. The maximum atomic E-state index is 10.9. The third-order valence-corrected chi connectivity index (χ3v) is 3.65. The molecule has 122 valence electrons. The lowest BCUT2D eigenvalue weighted by Gasteiger charge is -2.09. The minimum Gasteiger partial charge on any atom is -0.478 e. The van der Waals surface area contributed by atoms with Crippen LogP contribution in [0, 0.1) is 0 Å². The zero-order valence-electron chi connectivity index (χ0n) is 12.6. The van der Waals surface area contributed by atoms with Crippen LogP contribution in [0.5, 0.6) is 0 Å². The van der Waals surface area contributed by atoms with Crippen LogP contribution in [0.3, 0.4) is 0 Å². The van der Waals surface area contributed by atoms with Crippen LogP contribution < -0.4 is 10.6 Å². The number of benzene rings is 2. The Morgan fingerprint density at radius 2 is 2.00 bits per heavy atom. The second kappa shape index (κ2) is 7.06. The van der Waals surface area contributed by atoms with E-state index in [1.165, 1.54) is 0 Å². The smallest absolute Gasteiger partial charge is 0.335 e. The molecule has 3 aromatic rings. The van der Waals surface area contributed by atoms with Crippen molar-refractivity contribution in [2.24, 2.45) is 0 Å². The minimum absolute atomic E-state index is 0.267. The van der Waals surface area contributed by atoms with Gasteiger partial charge in [-0.3, -0.25) is 5.10 Å². The van der Waals surface area contributed by atoms with Gasteiger partial charge in [0.15, 0.2) is 0 Å². The summed E-state index contributed by atoms with van der Waals surface area (Å²) >= 11 is 5.98. The van der Waals surface area contributed by atoms with E-state index in [0.29, 0.717) is 11.6 Å². The van der Waals surface area contributed by atoms with Gasteiger partial charge in [-0.1, -0.05) is 29.8 Å². The average molecular weight is 343 g/mol. The molecular weight excluding hydrogens is 328 g/mol. The molecule has 6 nitrogen and oxygen atoms in total. The van der Waals surface area contributed by atoms with Gasteiger partial charge in [0.05, 0.1) is 11.8 Å². The van der Waals surface area contributed by atoms with E-state index in [1.807, 2.05) is 24.3 Å². The number of carboxylic acid groups (broad SMARTS) is 1. The first kappa shape index (κ1) is 15.9. The van der Waals surface area contributed by atoms with E-state index in [-0.39, 0.29) is 5.56 Å². The Morgan fingerprint density at radius 1 is 1.21 bits per heavy atom. The zero-order chi connectivity index (χ0) is 16.9. The molecule has 0 aliphatic heterocycles. The number of aromatic amines is 1. The summed E-state index contributed by atoms with van der Waals surface area (Å²) < 4.78 is 0. The fraction of sp³-hybridized carbons (Fsp3) is 0.0588. The molecule has 7 heteroatoms. The first-order chi connectivity index (χ1) is 11.6. The molecule has 0 radical (unpaired) electrons. The van der Waals surface area contributed by atoms with Crippen LogP contribution in [-0.4, -0.2) is 21.3 Å².